The maximum Gasteiger partial charge on any atom is 0.251 e. The molecule has 0 aromatic heterocycles. The van der Waals surface area contributed by atoms with Crippen molar-refractivity contribution in [1.82, 2.24) is 5.32 Å². The van der Waals surface area contributed by atoms with Crippen LogP contribution in [0.3, 0.4) is 0 Å². The normalized spacial score (nSPS) is 10.4. The molecule has 2 nitrogen and oxygen atoms in total. The summed E-state index contributed by atoms with van der Waals surface area (Å²) < 4.78 is 13.5. The topological polar surface area (TPSA) is 29.1 Å². The molecule has 24 heavy (non-hydrogen) atoms. The van der Waals surface area contributed by atoms with Gasteiger partial charge in [-0.05, 0) is 41.3 Å². The third kappa shape index (κ3) is 3.87. The Labute approximate surface area is 141 Å². The van der Waals surface area contributed by atoms with E-state index < -0.39 is 0 Å². The summed E-state index contributed by atoms with van der Waals surface area (Å²) in [5, 5.41) is 2.83. The molecule has 0 saturated carbocycles. The first-order valence-corrected chi connectivity index (χ1v) is 7.91. The van der Waals surface area contributed by atoms with Crippen LogP contribution in [0.15, 0.2) is 78.9 Å². The van der Waals surface area contributed by atoms with Crippen molar-refractivity contribution in [3.05, 3.63) is 95.8 Å². The first-order valence-electron chi connectivity index (χ1n) is 7.91. The predicted molar refractivity (Wildman–Crippen MR) is 94.3 cm³/mol. The molecule has 0 spiro atoms. The van der Waals surface area contributed by atoms with Crippen molar-refractivity contribution in [3.8, 4) is 11.1 Å². The standard InChI is InChI=1S/C21H18FNO/c22-20-9-5-4-8-18(20)14-15-23-21(24)19-12-10-17(11-13-19)16-6-2-1-3-7-16/h1-13H,14-15H2,(H,23,24). The van der Waals surface area contributed by atoms with Gasteiger partial charge in [-0.1, -0.05) is 60.7 Å². The van der Waals surface area contributed by atoms with E-state index in [2.05, 4.69) is 5.32 Å². The van der Waals surface area contributed by atoms with E-state index in [4.69, 9.17) is 0 Å². The van der Waals surface area contributed by atoms with Crippen LogP contribution in [0.25, 0.3) is 11.1 Å². The quantitative estimate of drug-likeness (QED) is 0.739. The molecule has 120 valence electrons. The van der Waals surface area contributed by atoms with Gasteiger partial charge in [0, 0.05) is 12.1 Å². The van der Waals surface area contributed by atoms with E-state index in [9.17, 15) is 9.18 Å². The second kappa shape index (κ2) is 7.55. The van der Waals surface area contributed by atoms with Crippen LogP contribution in [0.2, 0.25) is 0 Å². The van der Waals surface area contributed by atoms with Gasteiger partial charge in [0.1, 0.15) is 5.82 Å². The second-order valence-electron chi connectivity index (χ2n) is 5.54. The third-order valence-corrected chi connectivity index (χ3v) is 3.89. The van der Waals surface area contributed by atoms with Crippen LogP contribution in [0.1, 0.15) is 15.9 Å². The van der Waals surface area contributed by atoms with Crippen molar-refractivity contribution in [3.63, 3.8) is 0 Å². The first kappa shape index (κ1) is 15.9. The van der Waals surface area contributed by atoms with Gasteiger partial charge in [-0.15, -0.1) is 0 Å². The van der Waals surface area contributed by atoms with Gasteiger partial charge >= 0.3 is 0 Å². The lowest BCUT2D eigenvalue weighted by Crippen LogP contribution is -2.25. The van der Waals surface area contributed by atoms with Crippen LogP contribution in [-0.2, 0) is 6.42 Å². The number of hydrogen-bond acceptors (Lipinski definition) is 1. The Kier molecular flexibility index (Phi) is 5.02. The van der Waals surface area contributed by atoms with Gasteiger partial charge in [0.15, 0.2) is 0 Å². The Morgan fingerprint density at radius 3 is 2.12 bits per heavy atom. The molecule has 0 saturated heterocycles. The van der Waals surface area contributed by atoms with Crippen LogP contribution in [0.5, 0.6) is 0 Å². The van der Waals surface area contributed by atoms with Crippen molar-refractivity contribution in [2.75, 3.05) is 6.54 Å². The fraction of sp³-hybridized carbons (Fsp3) is 0.0952. The summed E-state index contributed by atoms with van der Waals surface area (Å²) in [5.74, 6) is -0.384. The monoisotopic (exact) mass is 319 g/mol. The Hall–Kier alpha value is -2.94. The van der Waals surface area contributed by atoms with Crippen molar-refractivity contribution < 1.29 is 9.18 Å². The van der Waals surface area contributed by atoms with Crippen molar-refractivity contribution in [2.45, 2.75) is 6.42 Å². The maximum atomic E-state index is 13.5. The molecule has 1 N–H and O–H groups in total. The van der Waals surface area contributed by atoms with Gasteiger partial charge in [-0.3, -0.25) is 4.79 Å². The highest BCUT2D eigenvalue weighted by molar-refractivity contribution is 5.94. The van der Waals surface area contributed by atoms with Crippen LogP contribution < -0.4 is 5.32 Å². The highest BCUT2D eigenvalue weighted by atomic mass is 19.1. The number of hydrogen-bond donors (Lipinski definition) is 1. The van der Waals surface area contributed by atoms with Gasteiger partial charge in [0.05, 0.1) is 0 Å². The Morgan fingerprint density at radius 1 is 0.792 bits per heavy atom. The largest absolute Gasteiger partial charge is 0.352 e. The lowest BCUT2D eigenvalue weighted by Gasteiger charge is -2.07. The molecule has 0 fully saturated rings. The maximum absolute atomic E-state index is 13.5. The molecule has 3 aromatic rings. The molecular formula is C21H18FNO. The molecule has 3 heteroatoms. The Morgan fingerprint density at radius 2 is 1.42 bits per heavy atom. The van der Waals surface area contributed by atoms with E-state index >= 15 is 0 Å². The van der Waals surface area contributed by atoms with Gasteiger partial charge in [0.2, 0.25) is 0 Å². The molecule has 3 aromatic carbocycles. The molecule has 1 amide bonds. The van der Waals surface area contributed by atoms with E-state index in [1.165, 1.54) is 6.07 Å². The fourth-order valence-electron chi connectivity index (χ4n) is 2.56. The summed E-state index contributed by atoms with van der Waals surface area (Å²) >= 11 is 0. The zero-order valence-electron chi connectivity index (χ0n) is 13.2. The fourth-order valence-corrected chi connectivity index (χ4v) is 2.56. The number of amides is 1. The summed E-state index contributed by atoms with van der Waals surface area (Å²) in [5.41, 5.74) is 3.39. The lowest BCUT2D eigenvalue weighted by molar-refractivity contribution is 0.0954. The van der Waals surface area contributed by atoms with Crippen LogP contribution in [0, 0.1) is 5.82 Å². The zero-order valence-corrected chi connectivity index (χ0v) is 13.2. The molecule has 0 aliphatic carbocycles. The molecule has 3 rings (SSSR count). The molecule has 0 bridgehead atoms. The summed E-state index contributed by atoms with van der Waals surface area (Å²) in [6.45, 7) is 0.403. The minimum Gasteiger partial charge on any atom is -0.352 e. The van der Waals surface area contributed by atoms with E-state index in [0.29, 0.717) is 24.1 Å². The van der Waals surface area contributed by atoms with Crippen LogP contribution >= 0.6 is 0 Å². The number of carbonyl (C=O) groups is 1. The second-order valence-corrected chi connectivity index (χ2v) is 5.54. The average molecular weight is 319 g/mol. The lowest BCUT2D eigenvalue weighted by atomic mass is 10.0. The third-order valence-electron chi connectivity index (χ3n) is 3.89. The predicted octanol–water partition coefficient (Wildman–Crippen LogP) is 4.47. The molecule has 0 aliphatic rings. The van der Waals surface area contributed by atoms with E-state index in [-0.39, 0.29) is 11.7 Å². The van der Waals surface area contributed by atoms with Gasteiger partial charge in [-0.2, -0.15) is 0 Å². The number of carbonyl (C=O) groups excluding carboxylic acids is 1. The smallest absolute Gasteiger partial charge is 0.251 e. The van der Waals surface area contributed by atoms with Crippen LogP contribution in [-0.4, -0.2) is 12.5 Å². The highest BCUT2D eigenvalue weighted by Gasteiger charge is 2.06. The first-order chi connectivity index (χ1) is 11.7. The van der Waals surface area contributed by atoms with Crippen molar-refractivity contribution in [1.29, 1.82) is 0 Å². The minimum absolute atomic E-state index is 0.147. The minimum atomic E-state index is -0.237. The number of rotatable bonds is 5. The Bertz CT molecular complexity index is 813. The summed E-state index contributed by atoms with van der Waals surface area (Å²) in [6.07, 6.45) is 0.473. The molecule has 0 heterocycles. The zero-order chi connectivity index (χ0) is 16.8. The van der Waals surface area contributed by atoms with E-state index in [1.807, 2.05) is 42.5 Å². The van der Waals surface area contributed by atoms with Gasteiger partial charge < -0.3 is 5.32 Å². The van der Waals surface area contributed by atoms with E-state index in [1.54, 1.807) is 30.3 Å². The summed E-state index contributed by atoms with van der Waals surface area (Å²) in [7, 11) is 0. The molecule has 0 atom stereocenters. The molecule has 0 unspecified atom stereocenters. The molecule has 0 aliphatic heterocycles. The van der Waals surface area contributed by atoms with Crippen molar-refractivity contribution >= 4 is 5.91 Å². The van der Waals surface area contributed by atoms with Gasteiger partial charge in [-0.25, -0.2) is 4.39 Å². The summed E-state index contributed by atoms with van der Waals surface area (Å²) in [6, 6.07) is 24.1. The van der Waals surface area contributed by atoms with E-state index in [0.717, 1.165) is 11.1 Å². The summed E-state index contributed by atoms with van der Waals surface area (Å²) in [4.78, 5) is 12.2. The number of halogens is 1. The number of benzene rings is 3. The van der Waals surface area contributed by atoms with Crippen LogP contribution in [0.4, 0.5) is 4.39 Å². The highest BCUT2D eigenvalue weighted by Crippen LogP contribution is 2.19. The number of nitrogens with one attached hydrogen (secondary N) is 1. The molecule has 0 radical (unpaired) electrons. The van der Waals surface area contributed by atoms with Crippen molar-refractivity contribution in [2.24, 2.45) is 0 Å². The SMILES string of the molecule is O=C(NCCc1ccccc1F)c1ccc(-c2ccccc2)cc1. The molecular weight excluding hydrogens is 301 g/mol. The van der Waals surface area contributed by atoms with Gasteiger partial charge in [0.25, 0.3) is 5.91 Å². The average Bonchev–Trinajstić information content (AvgIpc) is 2.64. The Balaban J connectivity index is 1.58.